The number of rotatable bonds is 6. The van der Waals surface area contributed by atoms with Gasteiger partial charge in [-0.1, -0.05) is 60.6 Å². The molecule has 1 saturated heterocycles. The zero-order chi connectivity index (χ0) is 20.7. The molecule has 0 aromatic heterocycles. The van der Waals surface area contributed by atoms with E-state index in [1.165, 1.54) is 37.7 Å². The van der Waals surface area contributed by atoms with Crippen molar-refractivity contribution in [1.29, 1.82) is 0 Å². The second kappa shape index (κ2) is 15.6. The van der Waals surface area contributed by atoms with Crippen LogP contribution in [-0.2, 0) is 32.0 Å². The van der Waals surface area contributed by atoms with Gasteiger partial charge in [0.2, 0.25) is 0 Å². The Hall–Kier alpha value is -0.137. The Morgan fingerprint density at radius 3 is 2.59 bits per heavy atom. The second-order valence-corrected chi connectivity index (χ2v) is 11.6. The summed E-state index contributed by atoms with van der Waals surface area (Å²) in [4.78, 5) is 0. The molecule has 0 amide bonds. The summed E-state index contributed by atoms with van der Waals surface area (Å²) >= 11 is -0.826. The van der Waals surface area contributed by atoms with Crippen molar-refractivity contribution in [2.45, 2.75) is 38.5 Å². The fourth-order valence-corrected chi connectivity index (χ4v) is 4.31. The zero-order valence-electron chi connectivity index (χ0n) is 17.2. The van der Waals surface area contributed by atoms with E-state index in [1.54, 1.807) is 0 Å². The molecule has 4 atom stereocenters. The Bertz CT molecular complexity index is 611. The number of hydrogen-bond donors (Lipinski definition) is 0. The van der Waals surface area contributed by atoms with Gasteiger partial charge in [-0.25, -0.2) is 0 Å². The molecule has 29 heavy (non-hydrogen) atoms. The maximum atomic E-state index is 5.22. The second-order valence-electron chi connectivity index (χ2n) is 7.85. The Morgan fingerprint density at radius 1 is 1.14 bits per heavy atom. The molecule has 0 radical (unpaired) electrons. The van der Waals surface area contributed by atoms with Gasteiger partial charge in [0.25, 0.3) is 0 Å². The molecule has 1 aromatic carbocycles. The van der Waals surface area contributed by atoms with E-state index < -0.39 is 20.8 Å². The quantitative estimate of drug-likeness (QED) is 0.283. The average Bonchev–Trinajstić information content (AvgIpc) is 3.42. The summed E-state index contributed by atoms with van der Waals surface area (Å²) in [5.74, 6) is 3.15. The Kier molecular flexibility index (Phi) is 13.5. The third-order valence-electron chi connectivity index (χ3n) is 5.93. The number of aryl methyl sites for hydroxylation is 1. The molecule has 0 bridgehead atoms. The van der Waals surface area contributed by atoms with Crippen molar-refractivity contribution in [3.05, 3.63) is 79.3 Å². The van der Waals surface area contributed by atoms with Gasteiger partial charge in [0.1, 0.15) is 0 Å². The fraction of sp³-hybridized carbons (Fsp3) is 0.480. The van der Waals surface area contributed by atoms with Gasteiger partial charge in [0, 0.05) is 13.2 Å². The number of allylic oxidation sites excluding steroid dienone is 5. The standard InChI is InChI=1S/C17H19.C8H14O.2ClH.Zr/c1-2-6-14(7-3-1)10-11-16-13-12-15-8-4-5-9-17(15)16;1-2-3-4-8-5-6-9-7-8;;;/h1-9,12,15-17H,10-11,13H2;2,8H,1,3-7H2;2*1H;/q-1;;;;+2/p-2. The molecule has 4 rings (SSSR count). The van der Waals surface area contributed by atoms with Gasteiger partial charge in [-0.15, -0.1) is 18.6 Å². The molecule has 1 aliphatic heterocycles. The van der Waals surface area contributed by atoms with E-state index >= 15 is 0 Å². The number of hydrogen-bond acceptors (Lipinski definition) is 1. The molecule has 4 heteroatoms. The molecule has 0 spiro atoms. The summed E-state index contributed by atoms with van der Waals surface area (Å²) in [6.07, 6.45) is 21.2. The summed E-state index contributed by atoms with van der Waals surface area (Å²) < 4.78 is 5.22. The van der Waals surface area contributed by atoms with Crippen LogP contribution in [0.4, 0.5) is 0 Å². The molecule has 2 fully saturated rings. The van der Waals surface area contributed by atoms with E-state index in [1.807, 2.05) is 6.08 Å². The molecule has 3 aliphatic rings. The predicted octanol–water partition coefficient (Wildman–Crippen LogP) is 7.57. The first-order valence-corrected chi connectivity index (χ1v) is 17.0. The van der Waals surface area contributed by atoms with Crippen LogP contribution in [0.3, 0.4) is 0 Å². The van der Waals surface area contributed by atoms with Crippen molar-refractivity contribution >= 4 is 17.0 Å². The molecule has 1 saturated carbocycles. The number of halogens is 2. The van der Waals surface area contributed by atoms with Crippen LogP contribution in [-0.4, -0.2) is 13.2 Å². The molecule has 2 aliphatic carbocycles. The first kappa shape index (κ1) is 25.1. The summed E-state index contributed by atoms with van der Waals surface area (Å²) in [5.41, 5.74) is 1.48. The molecule has 0 N–H and O–H groups in total. The van der Waals surface area contributed by atoms with Crippen LogP contribution in [0.5, 0.6) is 0 Å². The Morgan fingerprint density at radius 2 is 1.90 bits per heavy atom. The number of benzene rings is 1. The van der Waals surface area contributed by atoms with Crippen molar-refractivity contribution < 1.29 is 25.6 Å². The van der Waals surface area contributed by atoms with Gasteiger partial charge >= 0.3 is 37.9 Å². The summed E-state index contributed by atoms with van der Waals surface area (Å²) in [5, 5.41) is 0. The monoisotopic (exact) mass is 509 g/mol. The van der Waals surface area contributed by atoms with Gasteiger partial charge in [0.05, 0.1) is 0 Å². The van der Waals surface area contributed by atoms with Crippen LogP contribution in [0, 0.1) is 30.1 Å². The van der Waals surface area contributed by atoms with Crippen LogP contribution in [0.15, 0.2) is 67.3 Å². The van der Waals surface area contributed by atoms with Crippen LogP contribution in [0.25, 0.3) is 0 Å². The third-order valence-corrected chi connectivity index (χ3v) is 5.93. The van der Waals surface area contributed by atoms with Crippen molar-refractivity contribution in [3.8, 4) is 0 Å². The summed E-state index contributed by atoms with van der Waals surface area (Å²) in [7, 11) is 9.87. The van der Waals surface area contributed by atoms with Gasteiger partial charge < -0.3 is 11.2 Å². The van der Waals surface area contributed by atoms with Gasteiger partial charge in [0.15, 0.2) is 0 Å². The van der Waals surface area contributed by atoms with Crippen LogP contribution < -0.4 is 0 Å². The molecule has 158 valence electrons. The number of fused-ring (bicyclic) bond motifs is 1. The van der Waals surface area contributed by atoms with E-state index in [4.69, 9.17) is 21.8 Å². The summed E-state index contributed by atoms with van der Waals surface area (Å²) in [6, 6.07) is 10.9. The molecular formula is C25H33Cl2OZr-. The first-order valence-electron chi connectivity index (χ1n) is 10.7. The SMILES string of the molecule is C1=CC2[CH-]CC(CCc3ccccc3)C2C=C1.C=CCCC1CCOC1.[Cl][Zr][Cl]. The van der Waals surface area contributed by atoms with Gasteiger partial charge in [-0.2, -0.15) is 6.42 Å². The van der Waals surface area contributed by atoms with E-state index in [0.717, 1.165) is 37.4 Å². The zero-order valence-corrected chi connectivity index (χ0v) is 21.2. The van der Waals surface area contributed by atoms with Crippen molar-refractivity contribution in [3.63, 3.8) is 0 Å². The minimum absolute atomic E-state index is 0.709. The van der Waals surface area contributed by atoms with Gasteiger partial charge in [-0.05, 0) is 49.5 Å². The van der Waals surface area contributed by atoms with Crippen LogP contribution in [0.1, 0.15) is 37.7 Å². The van der Waals surface area contributed by atoms with Gasteiger partial charge in [-0.3, -0.25) is 0 Å². The third kappa shape index (κ3) is 9.69. The number of ether oxygens (including phenoxy) is 1. The van der Waals surface area contributed by atoms with Crippen molar-refractivity contribution in [1.82, 2.24) is 0 Å². The topological polar surface area (TPSA) is 9.23 Å². The molecular weight excluding hydrogens is 478 g/mol. The van der Waals surface area contributed by atoms with E-state index in [9.17, 15) is 0 Å². The first-order chi connectivity index (χ1) is 14.3. The van der Waals surface area contributed by atoms with E-state index in [-0.39, 0.29) is 0 Å². The molecule has 1 aromatic rings. The van der Waals surface area contributed by atoms with Crippen LogP contribution in [0.2, 0.25) is 0 Å². The Labute approximate surface area is 196 Å². The van der Waals surface area contributed by atoms with E-state index in [0.29, 0.717) is 5.92 Å². The van der Waals surface area contributed by atoms with E-state index in [2.05, 4.69) is 67.6 Å². The normalized spacial score (nSPS) is 26.6. The average molecular weight is 512 g/mol. The molecule has 1 heterocycles. The Balaban J connectivity index is 0.000000211. The predicted molar refractivity (Wildman–Crippen MR) is 122 cm³/mol. The maximum absolute atomic E-state index is 5.22. The fourth-order valence-electron chi connectivity index (χ4n) is 4.31. The molecule has 1 nitrogen and oxygen atoms in total. The van der Waals surface area contributed by atoms with Crippen LogP contribution >= 0.6 is 17.0 Å². The van der Waals surface area contributed by atoms with Crippen molar-refractivity contribution in [2.24, 2.45) is 23.7 Å². The minimum atomic E-state index is -0.826. The summed E-state index contributed by atoms with van der Waals surface area (Å²) in [6.45, 7) is 5.63. The van der Waals surface area contributed by atoms with Crippen molar-refractivity contribution in [2.75, 3.05) is 13.2 Å². The molecule has 4 unspecified atom stereocenters.